The second kappa shape index (κ2) is 7.28. The van der Waals surface area contributed by atoms with Gasteiger partial charge in [-0.3, -0.25) is 0 Å². The molecule has 1 atom stereocenters. The molecule has 0 aliphatic rings. The van der Waals surface area contributed by atoms with Crippen molar-refractivity contribution in [2.45, 2.75) is 31.9 Å². The second-order valence-electron chi connectivity index (χ2n) is 2.73. The van der Waals surface area contributed by atoms with Crippen molar-refractivity contribution in [3.8, 4) is 0 Å². The molecule has 0 aromatic carbocycles. The third-order valence-corrected chi connectivity index (χ3v) is 1.40. The van der Waals surface area contributed by atoms with Crippen molar-refractivity contribution in [2.75, 3.05) is 13.2 Å². The van der Waals surface area contributed by atoms with Crippen LogP contribution in [-0.2, 0) is 4.74 Å². The van der Waals surface area contributed by atoms with Crippen molar-refractivity contribution in [1.29, 1.82) is 0 Å². The van der Waals surface area contributed by atoms with Gasteiger partial charge in [-0.2, -0.15) is 12.6 Å². The van der Waals surface area contributed by atoms with E-state index in [1.807, 2.05) is 6.92 Å². The Morgan fingerprint density at radius 2 is 2.33 bits per heavy atom. The molecule has 0 heterocycles. The SMILES string of the molecule is CCCCNC(=O)OCC(C)S. The van der Waals surface area contributed by atoms with Crippen LogP contribution in [0.4, 0.5) is 4.79 Å². The number of unbranched alkanes of at least 4 members (excludes halogenated alkanes) is 1. The van der Waals surface area contributed by atoms with Gasteiger partial charge in [0.25, 0.3) is 0 Å². The van der Waals surface area contributed by atoms with Gasteiger partial charge < -0.3 is 10.1 Å². The van der Waals surface area contributed by atoms with Gasteiger partial charge in [-0.15, -0.1) is 0 Å². The Hall–Kier alpha value is -0.380. The number of ether oxygens (including phenoxy) is 1. The molecule has 0 aromatic heterocycles. The Bertz CT molecular complexity index is 128. The van der Waals surface area contributed by atoms with Gasteiger partial charge in [-0.05, 0) is 6.42 Å². The van der Waals surface area contributed by atoms with E-state index in [2.05, 4.69) is 24.9 Å². The molecule has 0 spiro atoms. The number of alkyl carbamates (subject to hydrolysis) is 1. The Labute approximate surface area is 79.3 Å². The summed E-state index contributed by atoms with van der Waals surface area (Å²) < 4.78 is 4.82. The molecular formula is C8H17NO2S. The molecule has 0 aliphatic heterocycles. The minimum absolute atomic E-state index is 0.0990. The predicted molar refractivity (Wildman–Crippen MR) is 52.7 cm³/mol. The zero-order valence-electron chi connectivity index (χ0n) is 7.67. The van der Waals surface area contributed by atoms with Crippen LogP contribution in [0.1, 0.15) is 26.7 Å². The monoisotopic (exact) mass is 191 g/mol. The summed E-state index contributed by atoms with van der Waals surface area (Å²) in [4.78, 5) is 10.9. The lowest BCUT2D eigenvalue weighted by atomic mass is 10.3. The van der Waals surface area contributed by atoms with Crippen LogP contribution in [0.2, 0.25) is 0 Å². The lowest BCUT2D eigenvalue weighted by Crippen LogP contribution is -2.26. The second-order valence-corrected chi connectivity index (χ2v) is 3.61. The maximum atomic E-state index is 10.9. The van der Waals surface area contributed by atoms with Gasteiger partial charge in [0.15, 0.2) is 0 Å². The molecule has 0 saturated heterocycles. The van der Waals surface area contributed by atoms with Crippen LogP contribution in [-0.4, -0.2) is 24.5 Å². The van der Waals surface area contributed by atoms with Gasteiger partial charge in [0, 0.05) is 11.8 Å². The summed E-state index contributed by atoms with van der Waals surface area (Å²) in [7, 11) is 0. The van der Waals surface area contributed by atoms with Crippen molar-refractivity contribution < 1.29 is 9.53 Å². The molecule has 1 N–H and O–H groups in total. The third-order valence-electron chi connectivity index (χ3n) is 1.26. The van der Waals surface area contributed by atoms with Gasteiger partial charge in [-0.1, -0.05) is 20.3 Å². The van der Waals surface area contributed by atoms with Crippen LogP contribution < -0.4 is 5.32 Å². The summed E-state index contributed by atoms with van der Waals surface area (Å²) in [5, 5.41) is 2.74. The van der Waals surface area contributed by atoms with Gasteiger partial charge in [0.05, 0.1) is 0 Å². The van der Waals surface area contributed by atoms with E-state index in [-0.39, 0.29) is 11.3 Å². The smallest absolute Gasteiger partial charge is 0.407 e. The summed E-state index contributed by atoms with van der Waals surface area (Å²) in [5.41, 5.74) is 0. The first-order valence-electron chi connectivity index (χ1n) is 4.25. The highest BCUT2D eigenvalue weighted by Gasteiger charge is 2.01. The molecule has 0 bridgehead atoms. The average molecular weight is 191 g/mol. The predicted octanol–water partition coefficient (Wildman–Crippen LogP) is 1.83. The zero-order chi connectivity index (χ0) is 9.40. The van der Waals surface area contributed by atoms with Gasteiger partial charge >= 0.3 is 6.09 Å². The number of nitrogens with one attached hydrogen (secondary N) is 1. The first kappa shape index (κ1) is 11.6. The molecule has 72 valence electrons. The van der Waals surface area contributed by atoms with Gasteiger partial charge in [-0.25, -0.2) is 4.79 Å². The van der Waals surface area contributed by atoms with E-state index in [1.165, 1.54) is 0 Å². The molecule has 0 saturated carbocycles. The maximum absolute atomic E-state index is 10.9. The lowest BCUT2D eigenvalue weighted by molar-refractivity contribution is 0.147. The van der Waals surface area contributed by atoms with Crippen LogP contribution in [0, 0.1) is 0 Å². The van der Waals surface area contributed by atoms with E-state index in [0.717, 1.165) is 12.8 Å². The van der Waals surface area contributed by atoms with Crippen LogP contribution >= 0.6 is 12.6 Å². The summed E-state index contributed by atoms with van der Waals surface area (Å²) in [6, 6.07) is 0. The Morgan fingerprint density at radius 3 is 2.83 bits per heavy atom. The summed E-state index contributed by atoms with van der Waals surface area (Å²) >= 11 is 4.08. The Kier molecular flexibility index (Phi) is 7.05. The van der Waals surface area contributed by atoms with E-state index in [4.69, 9.17) is 4.74 Å². The number of rotatable bonds is 5. The number of hydrogen-bond donors (Lipinski definition) is 2. The van der Waals surface area contributed by atoms with Crippen molar-refractivity contribution in [1.82, 2.24) is 5.32 Å². The maximum Gasteiger partial charge on any atom is 0.407 e. The van der Waals surface area contributed by atoms with E-state index >= 15 is 0 Å². The Morgan fingerprint density at radius 1 is 1.67 bits per heavy atom. The lowest BCUT2D eigenvalue weighted by Gasteiger charge is -2.07. The molecule has 0 aromatic rings. The Balaban J connectivity index is 3.22. The fraction of sp³-hybridized carbons (Fsp3) is 0.875. The highest BCUT2D eigenvalue weighted by molar-refractivity contribution is 7.80. The minimum atomic E-state index is -0.343. The normalized spacial score (nSPS) is 12.2. The number of thiol groups is 1. The van der Waals surface area contributed by atoms with E-state index in [0.29, 0.717) is 13.2 Å². The quantitative estimate of drug-likeness (QED) is 0.514. The molecule has 12 heavy (non-hydrogen) atoms. The topological polar surface area (TPSA) is 38.3 Å². The van der Waals surface area contributed by atoms with Crippen LogP contribution in [0.15, 0.2) is 0 Å². The molecular weight excluding hydrogens is 174 g/mol. The largest absolute Gasteiger partial charge is 0.448 e. The van der Waals surface area contributed by atoms with Crippen molar-refractivity contribution in [2.24, 2.45) is 0 Å². The molecule has 0 aliphatic carbocycles. The molecule has 4 heteroatoms. The molecule has 3 nitrogen and oxygen atoms in total. The van der Waals surface area contributed by atoms with Crippen LogP contribution in [0.25, 0.3) is 0 Å². The number of carbonyl (C=O) groups is 1. The van der Waals surface area contributed by atoms with Crippen molar-refractivity contribution >= 4 is 18.7 Å². The highest BCUT2D eigenvalue weighted by atomic mass is 32.1. The molecule has 0 fully saturated rings. The van der Waals surface area contributed by atoms with Crippen molar-refractivity contribution in [3.63, 3.8) is 0 Å². The van der Waals surface area contributed by atoms with E-state index in [1.54, 1.807) is 0 Å². The molecule has 1 unspecified atom stereocenters. The first-order chi connectivity index (χ1) is 5.66. The van der Waals surface area contributed by atoms with E-state index in [9.17, 15) is 4.79 Å². The van der Waals surface area contributed by atoms with E-state index < -0.39 is 0 Å². The van der Waals surface area contributed by atoms with Crippen LogP contribution in [0.3, 0.4) is 0 Å². The number of amides is 1. The number of carbonyl (C=O) groups excluding carboxylic acids is 1. The highest BCUT2D eigenvalue weighted by Crippen LogP contribution is 1.93. The standard InChI is InChI=1S/C8H17NO2S/c1-3-4-5-9-8(10)11-6-7(2)12/h7,12H,3-6H2,1-2H3,(H,9,10). The summed E-state index contributed by atoms with van der Waals surface area (Å²) in [6.07, 6.45) is 1.72. The fourth-order valence-corrected chi connectivity index (χ4v) is 0.689. The van der Waals surface area contributed by atoms with Crippen LogP contribution in [0.5, 0.6) is 0 Å². The molecule has 0 radical (unpaired) electrons. The minimum Gasteiger partial charge on any atom is -0.448 e. The van der Waals surface area contributed by atoms with Gasteiger partial charge in [0.2, 0.25) is 0 Å². The molecule has 0 rings (SSSR count). The van der Waals surface area contributed by atoms with Gasteiger partial charge in [0.1, 0.15) is 6.61 Å². The summed E-state index contributed by atoms with van der Waals surface area (Å²) in [6.45, 7) is 5.00. The number of hydrogen-bond acceptors (Lipinski definition) is 3. The van der Waals surface area contributed by atoms with Crippen molar-refractivity contribution in [3.05, 3.63) is 0 Å². The zero-order valence-corrected chi connectivity index (χ0v) is 8.56. The third kappa shape index (κ3) is 7.72. The summed E-state index contributed by atoms with van der Waals surface area (Å²) in [5.74, 6) is 0. The average Bonchev–Trinajstić information content (AvgIpc) is 2.01. The fourth-order valence-electron chi connectivity index (χ4n) is 0.615. The first-order valence-corrected chi connectivity index (χ1v) is 4.77. The molecule has 1 amide bonds.